The maximum absolute atomic E-state index is 10.4. The van der Waals surface area contributed by atoms with E-state index in [1.807, 2.05) is 0 Å². The number of aryl methyl sites for hydroxylation is 1. The fourth-order valence-electron chi connectivity index (χ4n) is 1.12. The normalized spacial score (nSPS) is 10.7. The highest BCUT2D eigenvalue weighted by molar-refractivity contribution is 7.85. The summed E-state index contributed by atoms with van der Waals surface area (Å²) in [6.07, 6.45) is 5.79. The second-order valence-electron chi connectivity index (χ2n) is 2.82. The highest BCUT2D eigenvalue weighted by Crippen LogP contribution is 2.02. The summed E-state index contributed by atoms with van der Waals surface area (Å²) in [6, 6.07) is 0. The Bertz CT molecular complexity index is 413. The summed E-state index contributed by atoms with van der Waals surface area (Å²) < 4.78 is 31.1. The Kier molecular flexibility index (Phi) is 5.56. The molecule has 0 aliphatic carbocycles. The van der Waals surface area contributed by atoms with Crippen LogP contribution in [0.2, 0.25) is 0 Å². The summed E-state index contributed by atoms with van der Waals surface area (Å²) in [5.74, 6) is 0.500. The summed E-state index contributed by atoms with van der Waals surface area (Å²) in [5.41, 5.74) is 0. The molecule has 5 nitrogen and oxygen atoms in total. The van der Waals surface area contributed by atoms with E-state index in [4.69, 9.17) is 4.55 Å². The van der Waals surface area contributed by atoms with Crippen molar-refractivity contribution in [2.75, 3.05) is 5.75 Å². The van der Waals surface area contributed by atoms with Crippen molar-refractivity contribution < 1.29 is 13.0 Å². The third kappa shape index (κ3) is 4.96. The molecule has 1 heterocycles. The minimum Gasteiger partial charge on any atom is -0.311 e. The monoisotopic (exact) mass is 252 g/mol. The van der Waals surface area contributed by atoms with Crippen molar-refractivity contribution in [1.82, 2.24) is 9.55 Å². The molecular formula is C8H13ClN2O3S. The molecule has 0 saturated carbocycles. The molecule has 0 fully saturated rings. The Hall–Kier alpha value is -0.850. The van der Waals surface area contributed by atoms with E-state index < -0.39 is 10.1 Å². The molecule has 0 amide bonds. The summed E-state index contributed by atoms with van der Waals surface area (Å²) >= 11 is 0. The van der Waals surface area contributed by atoms with Crippen molar-refractivity contribution in [3.63, 3.8) is 0 Å². The molecule has 0 saturated heterocycles. The minimum atomic E-state index is -3.86. The molecule has 0 radical (unpaired) electrons. The molecule has 1 rings (SSSR count). The third-order valence-electron chi connectivity index (χ3n) is 1.75. The lowest BCUT2D eigenvalue weighted by Gasteiger charge is -2.00. The number of aromatic nitrogens is 2. The van der Waals surface area contributed by atoms with Crippen LogP contribution in [0, 0.1) is 0 Å². The van der Waals surface area contributed by atoms with E-state index in [1.54, 1.807) is 23.2 Å². The van der Waals surface area contributed by atoms with Crippen LogP contribution in [0.3, 0.4) is 0 Å². The molecule has 86 valence electrons. The Morgan fingerprint density at radius 3 is 2.80 bits per heavy atom. The van der Waals surface area contributed by atoms with Crippen LogP contribution in [0.4, 0.5) is 0 Å². The van der Waals surface area contributed by atoms with Crippen LogP contribution in [0.1, 0.15) is 12.2 Å². The molecule has 1 aromatic heterocycles. The summed E-state index contributed by atoms with van der Waals surface area (Å²) in [6.45, 7) is 3.58. The number of hydrogen-bond acceptors (Lipinski definition) is 3. The van der Waals surface area contributed by atoms with Gasteiger partial charge in [-0.2, -0.15) is 8.42 Å². The van der Waals surface area contributed by atoms with E-state index in [-0.39, 0.29) is 18.2 Å². The average molecular weight is 253 g/mol. The van der Waals surface area contributed by atoms with Crippen molar-refractivity contribution in [2.24, 2.45) is 0 Å². The van der Waals surface area contributed by atoms with Gasteiger partial charge in [0.2, 0.25) is 0 Å². The molecule has 7 heteroatoms. The smallest absolute Gasteiger partial charge is 0.264 e. The average Bonchev–Trinajstić information content (AvgIpc) is 2.49. The van der Waals surface area contributed by atoms with Gasteiger partial charge < -0.3 is 4.57 Å². The zero-order valence-electron chi connectivity index (χ0n) is 8.04. The Morgan fingerprint density at radius 2 is 2.27 bits per heavy atom. The second kappa shape index (κ2) is 5.89. The van der Waals surface area contributed by atoms with Crippen molar-refractivity contribution >= 4 is 28.7 Å². The summed E-state index contributed by atoms with van der Waals surface area (Å²) in [7, 11) is -3.86. The van der Waals surface area contributed by atoms with E-state index in [0.29, 0.717) is 12.8 Å². The van der Waals surface area contributed by atoms with E-state index in [0.717, 1.165) is 5.82 Å². The van der Waals surface area contributed by atoms with Crippen molar-refractivity contribution in [1.29, 1.82) is 0 Å². The van der Waals surface area contributed by atoms with Crippen LogP contribution in [0.25, 0.3) is 6.20 Å². The van der Waals surface area contributed by atoms with Crippen LogP contribution >= 0.6 is 12.4 Å². The third-order valence-corrected chi connectivity index (χ3v) is 2.55. The van der Waals surface area contributed by atoms with E-state index in [1.165, 1.54) is 0 Å². The Balaban J connectivity index is 0.00000196. The molecule has 1 aromatic rings. The largest absolute Gasteiger partial charge is 0.311 e. The van der Waals surface area contributed by atoms with Gasteiger partial charge in [-0.15, -0.1) is 12.4 Å². The Labute approximate surface area is 95.0 Å². The first-order valence-corrected chi connectivity index (χ1v) is 5.73. The first-order valence-electron chi connectivity index (χ1n) is 4.12. The number of halogens is 1. The van der Waals surface area contributed by atoms with Gasteiger partial charge in [0, 0.05) is 25.0 Å². The lowest BCUT2D eigenvalue weighted by molar-refractivity contribution is 0.481. The summed E-state index contributed by atoms with van der Waals surface area (Å²) in [5, 5.41) is 0. The zero-order chi connectivity index (χ0) is 10.6. The van der Waals surface area contributed by atoms with Gasteiger partial charge in [-0.05, 0) is 6.42 Å². The van der Waals surface area contributed by atoms with Gasteiger partial charge in [-0.1, -0.05) is 6.58 Å². The predicted molar refractivity (Wildman–Crippen MR) is 60.6 cm³/mol. The van der Waals surface area contributed by atoms with Crippen LogP contribution < -0.4 is 0 Å². The van der Waals surface area contributed by atoms with Crippen LogP contribution in [-0.4, -0.2) is 28.3 Å². The molecule has 0 unspecified atom stereocenters. The first-order chi connectivity index (χ1) is 6.53. The van der Waals surface area contributed by atoms with Crippen LogP contribution in [0.15, 0.2) is 19.0 Å². The lowest BCUT2D eigenvalue weighted by Crippen LogP contribution is -2.06. The molecular weight excluding hydrogens is 240 g/mol. The summed E-state index contributed by atoms with van der Waals surface area (Å²) in [4.78, 5) is 4.02. The Morgan fingerprint density at radius 1 is 1.60 bits per heavy atom. The predicted octanol–water partition coefficient (Wildman–Crippen LogP) is 1.23. The highest BCUT2D eigenvalue weighted by atomic mass is 35.5. The first kappa shape index (κ1) is 14.2. The molecule has 0 aromatic carbocycles. The standard InChI is InChI=1S/C8H12N2O3S.ClH/c1-2-10-6-5-9-8(10)4-3-7-14(11,12)13;/h2,5-6H,1,3-4,7H2,(H,11,12,13);1H. The minimum absolute atomic E-state index is 0. The van der Waals surface area contributed by atoms with Crippen LogP contribution in [0.5, 0.6) is 0 Å². The topological polar surface area (TPSA) is 72.2 Å². The molecule has 0 spiro atoms. The fraction of sp³-hybridized carbons (Fsp3) is 0.375. The maximum Gasteiger partial charge on any atom is 0.264 e. The van der Waals surface area contributed by atoms with Gasteiger partial charge in [0.15, 0.2) is 0 Å². The van der Waals surface area contributed by atoms with Crippen molar-refractivity contribution in [3.8, 4) is 0 Å². The van der Waals surface area contributed by atoms with Gasteiger partial charge in [-0.25, -0.2) is 4.98 Å². The van der Waals surface area contributed by atoms with E-state index in [2.05, 4.69) is 11.6 Å². The van der Waals surface area contributed by atoms with Gasteiger partial charge in [-0.3, -0.25) is 4.55 Å². The van der Waals surface area contributed by atoms with Crippen molar-refractivity contribution in [2.45, 2.75) is 12.8 Å². The zero-order valence-corrected chi connectivity index (χ0v) is 9.67. The van der Waals surface area contributed by atoms with Crippen LogP contribution in [-0.2, 0) is 16.5 Å². The maximum atomic E-state index is 10.4. The molecule has 0 aliphatic heterocycles. The highest BCUT2D eigenvalue weighted by Gasteiger charge is 2.06. The molecule has 1 N–H and O–H groups in total. The fourth-order valence-corrected chi connectivity index (χ4v) is 1.63. The number of hydrogen-bond donors (Lipinski definition) is 1. The van der Waals surface area contributed by atoms with Gasteiger partial charge in [0.05, 0.1) is 5.75 Å². The molecule has 0 atom stereocenters. The second-order valence-corrected chi connectivity index (χ2v) is 4.39. The van der Waals surface area contributed by atoms with E-state index >= 15 is 0 Å². The quantitative estimate of drug-likeness (QED) is 0.800. The van der Waals surface area contributed by atoms with E-state index in [9.17, 15) is 8.42 Å². The SMILES string of the molecule is C=Cn1ccnc1CCCS(=O)(=O)O.Cl. The molecule has 0 bridgehead atoms. The van der Waals surface area contributed by atoms with Gasteiger partial charge in [0.25, 0.3) is 10.1 Å². The number of nitrogens with zero attached hydrogens (tertiary/aromatic N) is 2. The van der Waals surface area contributed by atoms with Crippen molar-refractivity contribution in [3.05, 3.63) is 24.8 Å². The number of imidazole rings is 1. The molecule has 0 aliphatic rings. The number of rotatable bonds is 5. The molecule has 15 heavy (non-hydrogen) atoms. The van der Waals surface area contributed by atoms with Gasteiger partial charge >= 0.3 is 0 Å². The van der Waals surface area contributed by atoms with Gasteiger partial charge in [0.1, 0.15) is 5.82 Å². The lowest BCUT2D eigenvalue weighted by atomic mass is 10.3.